The highest BCUT2D eigenvalue weighted by Crippen LogP contribution is 2.37. The first-order valence-electron chi connectivity index (χ1n) is 5.58. The lowest BCUT2D eigenvalue weighted by Crippen LogP contribution is -2.03. The summed E-state index contributed by atoms with van der Waals surface area (Å²) < 4.78 is 26.4. The van der Waals surface area contributed by atoms with E-state index in [4.69, 9.17) is 0 Å². The molecule has 0 spiro atoms. The highest BCUT2D eigenvalue weighted by Gasteiger charge is 2.19. The van der Waals surface area contributed by atoms with Crippen molar-refractivity contribution in [2.75, 3.05) is 0 Å². The van der Waals surface area contributed by atoms with Gasteiger partial charge in [-0.25, -0.2) is 8.78 Å². The summed E-state index contributed by atoms with van der Waals surface area (Å²) in [4.78, 5) is 3.80. The van der Waals surface area contributed by atoms with Crippen molar-refractivity contribution in [1.29, 1.82) is 0 Å². The number of hydrogen-bond donors (Lipinski definition) is 0. The zero-order valence-corrected chi connectivity index (χ0v) is 11.4. The molecule has 1 heterocycles. The third-order valence-electron chi connectivity index (χ3n) is 2.87. The van der Waals surface area contributed by atoms with Crippen LogP contribution in [0.2, 0.25) is 0 Å². The predicted molar refractivity (Wildman–Crippen MR) is 70.7 cm³/mol. The average Bonchev–Trinajstić information content (AvgIpc) is 2.37. The molecule has 0 aliphatic heterocycles. The second-order valence-corrected chi connectivity index (χ2v) is 5.16. The van der Waals surface area contributed by atoms with Crippen LogP contribution in [0.4, 0.5) is 8.78 Å². The number of pyridine rings is 1. The van der Waals surface area contributed by atoms with E-state index in [0.717, 1.165) is 11.6 Å². The first-order valence-corrected chi connectivity index (χ1v) is 6.49. The average molecular weight is 312 g/mol. The van der Waals surface area contributed by atoms with Gasteiger partial charge in [-0.2, -0.15) is 0 Å². The van der Waals surface area contributed by atoms with Crippen molar-refractivity contribution in [2.45, 2.75) is 17.7 Å². The Morgan fingerprint density at radius 3 is 2.11 bits per heavy atom. The van der Waals surface area contributed by atoms with Crippen LogP contribution in [0.3, 0.4) is 0 Å². The van der Waals surface area contributed by atoms with Crippen molar-refractivity contribution < 1.29 is 8.78 Å². The summed E-state index contributed by atoms with van der Waals surface area (Å²) >= 11 is 3.50. The maximum absolute atomic E-state index is 13.2. The van der Waals surface area contributed by atoms with Gasteiger partial charge in [-0.05, 0) is 41.3 Å². The molecule has 0 radical (unpaired) electrons. The summed E-state index contributed by atoms with van der Waals surface area (Å²) in [5.41, 5.74) is 1.66. The van der Waals surface area contributed by atoms with E-state index < -0.39 is 11.6 Å². The van der Waals surface area contributed by atoms with Crippen molar-refractivity contribution in [1.82, 2.24) is 4.98 Å². The van der Waals surface area contributed by atoms with Crippen molar-refractivity contribution in [3.63, 3.8) is 0 Å². The van der Waals surface area contributed by atoms with Crippen molar-refractivity contribution >= 4 is 15.9 Å². The van der Waals surface area contributed by atoms with Gasteiger partial charge in [0.25, 0.3) is 0 Å². The molecule has 1 aromatic heterocycles. The molecule has 0 bridgehead atoms. The van der Waals surface area contributed by atoms with Crippen LogP contribution in [0.25, 0.3) is 0 Å². The van der Waals surface area contributed by atoms with Crippen molar-refractivity contribution in [2.24, 2.45) is 0 Å². The second kappa shape index (κ2) is 5.57. The maximum Gasteiger partial charge on any atom is 0.126 e. The molecule has 0 N–H and O–H groups in total. The van der Waals surface area contributed by atoms with Gasteiger partial charge in [-0.1, -0.05) is 22.9 Å². The minimum absolute atomic E-state index is 0.0919. The lowest BCUT2D eigenvalue weighted by atomic mass is 9.94. The Labute approximate surface area is 113 Å². The van der Waals surface area contributed by atoms with E-state index in [2.05, 4.69) is 20.9 Å². The number of aromatic nitrogens is 1. The molecule has 0 fully saturated rings. The molecular weight excluding hydrogens is 300 g/mol. The van der Waals surface area contributed by atoms with Crippen LogP contribution in [-0.2, 0) is 0 Å². The zero-order chi connectivity index (χ0) is 13.1. The lowest BCUT2D eigenvalue weighted by molar-refractivity contribution is 0.577. The Morgan fingerprint density at radius 1 is 1.00 bits per heavy atom. The molecule has 0 aliphatic carbocycles. The molecule has 0 amide bonds. The smallest absolute Gasteiger partial charge is 0.126 e. The van der Waals surface area contributed by atoms with E-state index in [1.165, 1.54) is 12.1 Å². The minimum atomic E-state index is -0.559. The van der Waals surface area contributed by atoms with E-state index in [0.29, 0.717) is 5.56 Å². The van der Waals surface area contributed by atoms with E-state index in [1.54, 1.807) is 12.4 Å². The van der Waals surface area contributed by atoms with Gasteiger partial charge < -0.3 is 0 Å². The fourth-order valence-corrected chi connectivity index (χ4v) is 2.43. The number of halogens is 3. The summed E-state index contributed by atoms with van der Waals surface area (Å²) in [6.45, 7) is 2.00. The maximum atomic E-state index is 13.2. The van der Waals surface area contributed by atoms with Gasteiger partial charge in [0.2, 0.25) is 0 Å². The van der Waals surface area contributed by atoms with Gasteiger partial charge in [-0.15, -0.1) is 0 Å². The summed E-state index contributed by atoms with van der Waals surface area (Å²) in [6.07, 6.45) is 3.41. The molecule has 2 unspecified atom stereocenters. The topological polar surface area (TPSA) is 12.9 Å². The first kappa shape index (κ1) is 13.1. The predicted octanol–water partition coefficient (Wildman–Crippen LogP) is 4.60. The monoisotopic (exact) mass is 311 g/mol. The van der Waals surface area contributed by atoms with Crippen LogP contribution in [-0.4, -0.2) is 4.98 Å². The molecule has 0 saturated heterocycles. The van der Waals surface area contributed by atoms with E-state index >= 15 is 0 Å². The Kier molecular flexibility index (Phi) is 4.07. The first-order chi connectivity index (χ1) is 8.58. The minimum Gasteiger partial charge on any atom is -0.265 e. The van der Waals surface area contributed by atoms with Gasteiger partial charge in [-0.3, -0.25) is 4.98 Å². The number of rotatable bonds is 3. The largest absolute Gasteiger partial charge is 0.265 e. The fourth-order valence-electron chi connectivity index (χ4n) is 1.86. The van der Waals surface area contributed by atoms with Crippen molar-refractivity contribution in [3.05, 3.63) is 65.5 Å². The molecule has 18 heavy (non-hydrogen) atoms. The van der Waals surface area contributed by atoms with Gasteiger partial charge in [0.1, 0.15) is 11.6 Å². The second-order valence-electron chi connectivity index (χ2n) is 4.17. The van der Waals surface area contributed by atoms with E-state index in [1.807, 2.05) is 19.1 Å². The fraction of sp³-hybridized carbons (Fsp3) is 0.214. The lowest BCUT2D eigenvalue weighted by Gasteiger charge is -2.19. The Morgan fingerprint density at radius 2 is 1.56 bits per heavy atom. The van der Waals surface area contributed by atoms with Gasteiger partial charge in [0, 0.05) is 23.3 Å². The van der Waals surface area contributed by atoms with Crippen molar-refractivity contribution in [3.8, 4) is 0 Å². The van der Waals surface area contributed by atoms with Crippen LogP contribution in [0, 0.1) is 11.6 Å². The standard InChI is InChI=1S/C14H12BrF2N/c1-9(10-2-4-18-5-3-10)14(15)11-6-12(16)8-13(17)7-11/h2-9,14H,1H3. The van der Waals surface area contributed by atoms with Gasteiger partial charge in [0.15, 0.2) is 0 Å². The molecule has 2 atom stereocenters. The molecule has 1 nitrogen and oxygen atoms in total. The molecular formula is C14H12BrF2N. The highest BCUT2D eigenvalue weighted by molar-refractivity contribution is 9.09. The Bertz CT molecular complexity index is 510. The van der Waals surface area contributed by atoms with Gasteiger partial charge >= 0.3 is 0 Å². The Hall–Kier alpha value is -1.29. The van der Waals surface area contributed by atoms with E-state index in [9.17, 15) is 8.78 Å². The zero-order valence-electron chi connectivity index (χ0n) is 9.78. The molecule has 0 saturated carbocycles. The number of nitrogens with zero attached hydrogens (tertiary/aromatic N) is 1. The molecule has 0 aliphatic rings. The highest BCUT2D eigenvalue weighted by atomic mass is 79.9. The number of hydrogen-bond acceptors (Lipinski definition) is 1. The molecule has 1 aromatic carbocycles. The quantitative estimate of drug-likeness (QED) is 0.755. The summed E-state index contributed by atoms with van der Waals surface area (Å²) in [7, 11) is 0. The SMILES string of the molecule is CC(c1ccncc1)C(Br)c1cc(F)cc(F)c1. The Balaban J connectivity index is 2.28. The van der Waals surface area contributed by atoms with Crippen LogP contribution >= 0.6 is 15.9 Å². The van der Waals surface area contributed by atoms with E-state index in [-0.39, 0.29) is 10.7 Å². The normalized spacial score (nSPS) is 14.2. The summed E-state index contributed by atoms with van der Waals surface area (Å²) in [6, 6.07) is 7.36. The third kappa shape index (κ3) is 2.93. The molecule has 2 rings (SSSR count). The van der Waals surface area contributed by atoms with Crippen LogP contribution < -0.4 is 0 Å². The van der Waals surface area contributed by atoms with Crippen LogP contribution in [0.15, 0.2) is 42.7 Å². The molecule has 94 valence electrons. The summed E-state index contributed by atoms with van der Waals surface area (Å²) in [5.74, 6) is -1.03. The number of alkyl halides is 1. The van der Waals surface area contributed by atoms with Crippen LogP contribution in [0.5, 0.6) is 0 Å². The number of benzene rings is 1. The van der Waals surface area contributed by atoms with Gasteiger partial charge in [0.05, 0.1) is 0 Å². The van der Waals surface area contributed by atoms with Crippen LogP contribution in [0.1, 0.15) is 28.8 Å². The summed E-state index contributed by atoms with van der Waals surface area (Å²) in [5, 5.41) is 0. The third-order valence-corrected chi connectivity index (χ3v) is 4.20. The molecule has 4 heteroatoms. The molecule has 2 aromatic rings.